The summed E-state index contributed by atoms with van der Waals surface area (Å²) in [5.74, 6) is 0. The lowest BCUT2D eigenvalue weighted by atomic mass is 10.4. The quantitative estimate of drug-likeness (QED) is 0.870. The zero-order chi connectivity index (χ0) is 12.4. The summed E-state index contributed by atoms with van der Waals surface area (Å²) in [6, 6.07) is 0.753. The Morgan fingerprint density at radius 2 is 2.33 bits per heavy atom. The van der Waals surface area contributed by atoms with Crippen molar-refractivity contribution in [3.8, 4) is 10.6 Å². The molecule has 0 amide bonds. The van der Waals surface area contributed by atoms with Crippen molar-refractivity contribution < 1.29 is 0 Å². The van der Waals surface area contributed by atoms with Gasteiger partial charge in [-0.1, -0.05) is 6.92 Å². The minimum Gasteiger partial charge on any atom is -0.309 e. The molecule has 0 atom stereocenters. The van der Waals surface area contributed by atoms with Gasteiger partial charge in [-0.15, -0.1) is 11.3 Å². The van der Waals surface area contributed by atoms with Gasteiger partial charge in [-0.25, -0.2) is 4.98 Å². The number of thiazole rings is 1. The van der Waals surface area contributed by atoms with E-state index in [4.69, 9.17) is 0 Å². The van der Waals surface area contributed by atoms with E-state index in [0.717, 1.165) is 36.1 Å². The van der Waals surface area contributed by atoms with Crippen LogP contribution in [0.4, 0.5) is 0 Å². The summed E-state index contributed by atoms with van der Waals surface area (Å²) in [6.45, 7) is 4.08. The van der Waals surface area contributed by atoms with Crippen LogP contribution < -0.4 is 5.32 Å². The Kier molecular flexibility index (Phi) is 3.43. The topological polar surface area (TPSA) is 42.7 Å². The van der Waals surface area contributed by atoms with Crippen LogP contribution in [0.15, 0.2) is 18.6 Å². The minimum atomic E-state index is 0.753. The predicted octanol–water partition coefficient (Wildman–Crippen LogP) is 2.67. The number of nitrogens with one attached hydrogen (secondary N) is 1. The summed E-state index contributed by atoms with van der Waals surface area (Å²) in [5, 5.41) is 8.93. The summed E-state index contributed by atoms with van der Waals surface area (Å²) in [4.78, 5) is 5.79. The SMILES string of the molecule is CCCn1cc(-c2ncc(CNC3CC3)s2)cn1. The van der Waals surface area contributed by atoms with Crippen LogP contribution in [0.3, 0.4) is 0 Å². The molecule has 2 heterocycles. The lowest BCUT2D eigenvalue weighted by Gasteiger charge is -1.97. The second kappa shape index (κ2) is 5.20. The molecule has 0 bridgehead atoms. The Hall–Kier alpha value is -1.20. The third-order valence-electron chi connectivity index (χ3n) is 3.03. The van der Waals surface area contributed by atoms with E-state index in [1.807, 2.05) is 17.1 Å². The molecule has 4 nitrogen and oxygen atoms in total. The van der Waals surface area contributed by atoms with Gasteiger partial charge in [0.25, 0.3) is 0 Å². The third kappa shape index (κ3) is 2.79. The zero-order valence-electron chi connectivity index (χ0n) is 10.6. The monoisotopic (exact) mass is 262 g/mol. The van der Waals surface area contributed by atoms with Gasteiger partial charge in [0.05, 0.1) is 6.20 Å². The van der Waals surface area contributed by atoms with Crippen molar-refractivity contribution in [2.45, 2.75) is 45.3 Å². The maximum absolute atomic E-state index is 4.48. The molecule has 5 heteroatoms. The highest BCUT2D eigenvalue weighted by molar-refractivity contribution is 7.15. The number of hydrogen-bond acceptors (Lipinski definition) is 4. The molecule has 1 aliphatic rings. The van der Waals surface area contributed by atoms with Gasteiger partial charge >= 0.3 is 0 Å². The Morgan fingerprint density at radius 1 is 1.44 bits per heavy atom. The van der Waals surface area contributed by atoms with E-state index in [0.29, 0.717) is 0 Å². The summed E-state index contributed by atoms with van der Waals surface area (Å²) in [7, 11) is 0. The minimum absolute atomic E-state index is 0.753. The second-order valence-electron chi connectivity index (χ2n) is 4.78. The van der Waals surface area contributed by atoms with Crippen LogP contribution in [0.2, 0.25) is 0 Å². The molecule has 96 valence electrons. The maximum atomic E-state index is 4.48. The van der Waals surface area contributed by atoms with E-state index in [9.17, 15) is 0 Å². The standard InChI is InChI=1S/C13H18N4S/c1-2-5-17-9-10(6-16-17)13-15-8-12(18-13)7-14-11-3-4-11/h6,8-9,11,14H,2-5,7H2,1H3. The van der Waals surface area contributed by atoms with Crippen LogP contribution in [-0.4, -0.2) is 20.8 Å². The first-order valence-electron chi connectivity index (χ1n) is 6.56. The largest absolute Gasteiger partial charge is 0.309 e. The molecule has 2 aromatic heterocycles. The maximum Gasteiger partial charge on any atom is 0.126 e. The summed E-state index contributed by atoms with van der Waals surface area (Å²) >= 11 is 1.76. The molecule has 0 aromatic carbocycles. The first kappa shape index (κ1) is 11.9. The van der Waals surface area contributed by atoms with Gasteiger partial charge in [0.2, 0.25) is 0 Å². The highest BCUT2D eigenvalue weighted by atomic mass is 32.1. The molecule has 1 N–H and O–H groups in total. The van der Waals surface area contributed by atoms with Crippen LogP contribution in [0, 0.1) is 0 Å². The van der Waals surface area contributed by atoms with Crippen LogP contribution in [0.25, 0.3) is 10.6 Å². The lowest BCUT2D eigenvalue weighted by Crippen LogP contribution is -2.14. The van der Waals surface area contributed by atoms with Crippen molar-refractivity contribution in [1.29, 1.82) is 0 Å². The third-order valence-corrected chi connectivity index (χ3v) is 4.08. The van der Waals surface area contributed by atoms with E-state index in [-0.39, 0.29) is 0 Å². The summed E-state index contributed by atoms with van der Waals surface area (Å²) in [6.07, 6.45) is 9.74. The molecule has 0 unspecified atom stereocenters. The van der Waals surface area contributed by atoms with Crippen molar-refractivity contribution in [1.82, 2.24) is 20.1 Å². The van der Waals surface area contributed by atoms with Gasteiger partial charge in [-0.05, 0) is 19.3 Å². The van der Waals surface area contributed by atoms with Crippen molar-refractivity contribution in [2.24, 2.45) is 0 Å². The van der Waals surface area contributed by atoms with E-state index < -0.39 is 0 Å². The van der Waals surface area contributed by atoms with Crippen LogP contribution in [0.5, 0.6) is 0 Å². The fourth-order valence-corrected chi connectivity index (χ4v) is 2.72. The van der Waals surface area contributed by atoms with Crippen molar-refractivity contribution in [3.63, 3.8) is 0 Å². The highest BCUT2D eigenvalue weighted by Crippen LogP contribution is 2.26. The van der Waals surface area contributed by atoms with Gasteiger partial charge < -0.3 is 5.32 Å². The summed E-state index contributed by atoms with van der Waals surface area (Å²) in [5.41, 5.74) is 1.13. The second-order valence-corrected chi connectivity index (χ2v) is 5.89. The van der Waals surface area contributed by atoms with Crippen molar-refractivity contribution >= 4 is 11.3 Å². The average molecular weight is 262 g/mol. The van der Waals surface area contributed by atoms with Crippen molar-refractivity contribution in [3.05, 3.63) is 23.5 Å². The Labute approximate surface area is 111 Å². The molecule has 18 heavy (non-hydrogen) atoms. The number of aryl methyl sites for hydroxylation is 1. The molecule has 1 aliphatic carbocycles. The van der Waals surface area contributed by atoms with Gasteiger partial charge in [-0.3, -0.25) is 4.68 Å². The van der Waals surface area contributed by atoms with Gasteiger partial charge in [0, 0.05) is 42.0 Å². The Morgan fingerprint density at radius 3 is 3.11 bits per heavy atom. The highest BCUT2D eigenvalue weighted by Gasteiger charge is 2.20. The molecular formula is C13H18N4S. The van der Waals surface area contributed by atoms with E-state index in [1.54, 1.807) is 11.3 Å². The van der Waals surface area contributed by atoms with Crippen LogP contribution in [-0.2, 0) is 13.1 Å². The molecule has 2 aromatic rings. The van der Waals surface area contributed by atoms with Gasteiger partial charge in [-0.2, -0.15) is 5.10 Å². The molecule has 1 fully saturated rings. The first-order chi connectivity index (χ1) is 8.85. The molecule has 1 saturated carbocycles. The number of rotatable bonds is 6. The van der Waals surface area contributed by atoms with Gasteiger partial charge in [0.15, 0.2) is 0 Å². The van der Waals surface area contributed by atoms with Crippen LogP contribution >= 0.6 is 11.3 Å². The fraction of sp³-hybridized carbons (Fsp3) is 0.538. The summed E-state index contributed by atoms with van der Waals surface area (Å²) < 4.78 is 1.98. The number of aromatic nitrogens is 3. The molecule has 0 saturated heterocycles. The molecule has 0 radical (unpaired) electrons. The number of hydrogen-bond donors (Lipinski definition) is 1. The first-order valence-corrected chi connectivity index (χ1v) is 7.37. The van der Waals surface area contributed by atoms with Gasteiger partial charge in [0.1, 0.15) is 5.01 Å². The normalized spacial score (nSPS) is 15.2. The van der Waals surface area contributed by atoms with E-state index in [1.165, 1.54) is 17.7 Å². The predicted molar refractivity (Wildman–Crippen MR) is 73.5 cm³/mol. The Balaban J connectivity index is 1.66. The Bertz CT molecular complexity index is 513. The number of nitrogens with zero attached hydrogens (tertiary/aromatic N) is 3. The molecule has 0 aliphatic heterocycles. The lowest BCUT2D eigenvalue weighted by molar-refractivity contribution is 0.603. The van der Waals surface area contributed by atoms with Crippen molar-refractivity contribution in [2.75, 3.05) is 0 Å². The molecular weight excluding hydrogens is 244 g/mol. The molecule has 0 spiro atoms. The zero-order valence-corrected chi connectivity index (χ0v) is 11.4. The average Bonchev–Trinajstić information content (AvgIpc) is 2.90. The van der Waals surface area contributed by atoms with E-state index >= 15 is 0 Å². The van der Waals surface area contributed by atoms with E-state index in [2.05, 4.69) is 28.5 Å². The smallest absolute Gasteiger partial charge is 0.126 e. The molecule has 3 rings (SSSR count). The van der Waals surface area contributed by atoms with Crippen LogP contribution in [0.1, 0.15) is 31.1 Å². The fourth-order valence-electron chi connectivity index (χ4n) is 1.88.